The highest BCUT2D eigenvalue weighted by Gasteiger charge is 2.25. The Bertz CT molecular complexity index is 823. The van der Waals surface area contributed by atoms with E-state index in [1.807, 2.05) is 18.2 Å². The van der Waals surface area contributed by atoms with E-state index in [0.29, 0.717) is 6.61 Å². The molecular formula is C21H19IO2. The predicted octanol–water partition coefficient (Wildman–Crippen LogP) is 6.15. The highest BCUT2D eigenvalue weighted by atomic mass is 127. The van der Waals surface area contributed by atoms with Gasteiger partial charge in [-0.1, -0.05) is 48.5 Å². The van der Waals surface area contributed by atoms with Crippen LogP contribution in [0.4, 0.5) is 0 Å². The van der Waals surface area contributed by atoms with Crippen molar-refractivity contribution in [3.05, 3.63) is 81.1 Å². The van der Waals surface area contributed by atoms with Crippen LogP contribution in [0.2, 0.25) is 0 Å². The summed E-state index contributed by atoms with van der Waals surface area (Å²) in [6, 6.07) is 20.9. The summed E-state index contributed by atoms with van der Waals surface area (Å²) in [5.74, 6) is 2.04. The van der Waals surface area contributed by atoms with Gasteiger partial charge >= 0.3 is 0 Å². The lowest BCUT2D eigenvalue weighted by Crippen LogP contribution is -2.11. The highest BCUT2D eigenvalue weighted by Crippen LogP contribution is 2.38. The van der Waals surface area contributed by atoms with Crippen molar-refractivity contribution in [1.29, 1.82) is 0 Å². The second kappa shape index (κ2) is 7.11. The molecular weight excluding hydrogens is 411 g/mol. The van der Waals surface area contributed by atoms with E-state index in [1.54, 1.807) is 0 Å². The van der Waals surface area contributed by atoms with Gasteiger partial charge in [-0.15, -0.1) is 0 Å². The zero-order chi connectivity index (χ0) is 16.4. The second-order valence-electron chi connectivity index (χ2n) is 6.14. The minimum absolute atomic E-state index is 0.131. The SMILES string of the molecule is Ic1ccccc1COC1CCCc2oc(-c3ccccc3)cc21. The molecule has 0 saturated heterocycles. The molecule has 2 aromatic carbocycles. The molecule has 0 amide bonds. The molecule has 1 aliphatic carbocycles. The van der Waals surface area contributed by atoms with E-state index in [0.717, 1.165) is 36.3 Å². The third-order valence-corrected chi connectivity index (χ3v) is 5.57. The number of ether oxygens (including phenoxy) is 1. The van der Waals surface area contributed by atoms with E-state index in [2.05, 4.69) is 65.1 Å². The third kappa shape index (κ3) is 3.28. The number of furan rings is 1. The first-order chi connectivity index (χ1) is 11.8. The number of hydrogen-bond donors (Lipinski definition) is 0. The van der Waals surface area contributed by atoms with Crippen molar-refractivity contribution in [3.63, 3.8) is 0 Å². The average molecular weight is 430 g/mol. The summed E-state index contributed by atoms with van der Waals surface area (Å²) in [6.45, 7) is 0.648. The first-order valence-corrected chi connectivity index (χ1v) is 9.42. The van der Waals surface area contributed by atoms with Crippen LogP contribution in [-0.4, -0.2) is 0 Å². The molecule has 1 unspecified atom stereocenters. The zero-order valence-corrected chi connectivity index (χ0v) is 15.5. The van der Waals surface area contributed by atoms with Gasteiger partial charge in [-0.05, 0) is 53.1 Å². The fourth-order valence-corrected chi connectivity index (χ4v) is 3.78. The topological polar surface area (TPSA) is 22.4 Å². The fraction of sp³-hybridized carbons (Fsp3) is 0.238. The maximum atomic E-state index is 6.26. The molecule has 3 heteroatoms. The molecule has 0 bridgehead atoms. The van der Waals surface area contributed by atoms with Crippen molar-refractivity contribution in [2.75, 3.05) is 0 Å². The number of rotatable bonds is 4. The van der Waals surface area contributed by atoms with Gasteiger partial charge in [-0.25, -0.2) is 0 Å². The van der Waals surface area contributed by atoms with Crippen LogP contribution in [0.25, 0.3) is 11.3 Å². The van der Waals surface area contributed by atoms with Gasteiger partial charge < -0.3 is 9.15 Å². The van der Waals surface area contributed by atoms with Crippen LogP contribution in [0.15, 0.2) is 65.1 Å². The molecule has 0 fully saturated rings. The lowest BCUT2D eigenvalue weighted by Gasteiger charge is -2.22. The summed E-state index contributed by atoms with van der Waals surface area (Å²) in [7, 11) is 0. The quantitative estimate of drug-likeness (QED) is 0.464. The summed E-state index contributed by atoms with van der Waals surface area (Å²) >= 11 is 2.37. The van der Waals surface area contributed by atoms with Crippen LogP contribution in [0.1, 0.15) is 35.8 Å². The molecule has 24 heavy (non-hydrogen) atoms. The Kier molecular flexibility index (Phi) is 4.72. The van der Waals surface area contributed by atoms with Crippen molar-refractivity contribution in [1.82, 2.24) is 0 Å². The smallest absolute Gasteiger partial charge is 0.134 e. The van der Waals surface area contributed by atoms with Crippen LogP contribution >= 0.6 is 22.6 Å². The van der Waals surface area contributed by atoms with E-state index in [-0.39, 0.29) is 6.10 Å². The van der Waals surface area contributed by atoms with Crippen LogP contribution in [0.3, 0.4) is 0 Å². The molecule has 3 aromatic rings. The summed E-state index contributed by atoms with van der Waals surface area (Å²) < 4.78 is 13.6. The van der Waals surface area contributed by atoms with Crippen molar-refractivity contribution < 1.29 is 9.15 Å². The lowest BCUT2D eigenvalue weighted by molar-refractivity contribution is 0.0264. The average Bonchev–Trinajstić information content (AvgIpc) is 3.07. The van der Waals surface area contributed by atoms with E-state index >= 15 is 0 Å². The molecule has 0 aliphatic heterocycles. The summed E-state index contributed by atoms with van der Waals surface area (Å²) in [5, 5.41) is 0. The number of aryl methyl sites for hydroxylation is 1. The Labute approximate surface area is 156 Å². The van der Waals surface area contributed by atoms with Gasteiger partial charge in [-0.2, -0.15) is 0 Å². The molecule has 1 heterocycles. The Balaban J connectivity index is 1.55. The van der Waals surface area contributed by atoms with E-state index in [1.165, 1.54) is 14.7 Å². The maximum absolute atomic E-state index is 6.26. The molecule has 0 radical (unpaired) electrons. The summed E-state index contributed by atoms with van der Waals surface area (Å²) in [4.78, 5) is 0. The normalized spacial score (nSPS) is 16.8. The number of benzene rings is 2. The standard InChI is InChI=1S/C21H19IO2/c22-18-10-5-4-9-16(18)14-23-19-11-6-12-20-17(19)13-21(24-20)15-7-2-1-3-8-15/h1-5,7-10,13,19H,6,11-12,14H2. The molecule has 0 N–H and O–H groups in total. The summed E-state index contributed by atoms with van der Waals surface area (Å²) in [6.07, 6.45) is 3.31. The molecule has 0 saturated carbocycles. The minimum Gasteiger partial charge on any atom is -0.461 e. The van der Waals surface area contributed by atoms with Crippen LogP contribution in [0.5, 0.6) is 0 Å². The minimum atomic E-state index is 0.131. The third-order valence-electron chi connectivity index (χ3n) is 4.51. The van der Waals surface area contributed by atoms with E-state index < -0.39 is 0 Å². The monoisotopic (exact) mass is 430 g/mol. The zero-order valence-electron chi connectivity index (χ0n) is 13.4. The number of hydrogen-bond acceptors (Lipinski definition) is 2. The van der Waals surface area contributed by atoms with Gasteiger partial charge in [0.15, 0.2) is 0 Å². The largest absolute Gasteiger partial charge is 0.461 e. The molecule has 122 valence electrons. The van der Waals surface area contributed by atoms with Crippen LogP contribution < -0.4 is 0 Å². The van der Waals surface area contributed by atoms with Gasteiger partial charge in [0.05, 0.1) is 12.7 Å². The van der Waals surface area contributed by atoms with Crippen molar-refractivity contribution >= 4 is 22.6 Å². The summed E-state index contributed by atoms with van der Waals surface area (Å²) in [5.41, 5.74) is 3.60. The molecule has 1 aliphatic rings. The molecule has 0 spiro atoms. The van der Waals surface area contributed by atoms with Crippen molar-refractivity contribution in [2.24, 2.45) is 0 Å². The molecule has 4 rings (SSSR count). The molecule has 1 atom stereocenters. The first-order valence-electron chi connectivity index (χ1n) is 8.34. The van der Waals surface area contributed by atoms with Gasteiger partial charge in [0, 0.05) is 21.1 Å². The van der Waals surface area contributed by atoms with Gasteiger partial charge in [0.2, 0.25) is 0 Å². The lowest BCUT2D eigenvalue weighted by atomic mass is 9.95. The van der Waals surface area contributed by atoms with Gasteiger partial charge in [0.1, 0.15) is 11.5 Å². The Hall–Kier alpha value is -1.59. The van der Waals surface area contributed by atoms with Gasteiger partial charge in [-0.3, -0.25) is 0 Å². The number of halogens is 1. The van der Waals surface area contributed by atoms with Gasteiger partial charge in [0.25, 0.3) is 0 Å². The Morgan fingerprint density at radius 1 is 1.04 bits per heavy atom. The Morgan fingerprint density at radius 3 is 2.67 bits per heavy atom. The first kappa shape index (κ1) is 15.9. The maximum Gasteiger partial charge on any atom is 0.134 e. The van der Waals surface area contributed by atoms with Crippen molar-refractivity contribution in [2.45, 2.75) is 32.0 Å². The predicted molar refractivity (Wildman–Crippen MR) is 104 cm³/mol. The molecule has 1 aromatic heterocycles. The second-order valence-corrected chi connectivity index (χ2v) is 7.30. The van der Waals surface area contributed by atoms with Crippen molar-refractivity contribution in [3.8, 4) is 11.3 Å². The van der Waals surface area contributed by atoms with Crippen LogP contribution in [0, 0.1) is 3.57 Å². The van der Waals surface area contributed by atoms with E-state index in [4.69, 9.17) is 9.15 Å². The van der Waals surface area contributed by atoms with E-state index in [9.17, 15) is 0 Å². The Morgan fingerprint density at radius 2 is 1.83 bits per heavy atom. The fourth-order valence-electron chi connectivity index (χ4n) is 3.24. The molecule has 2 nitrogen and oxygen atoms in total. The highest BCUT2D eigenvalue weighted by molar-refractivity contribution is 14.1. The number of fused-ring (bicyclic) bond motifs is 1. The van der Waals surface area contributed by atoms with Crippen LogP contribution in [-0.2, 0) is 17.8 Å².